The molecule has 1 aromatic heterocycles. The quantitative estimate of drug-likeness (QED) is 0.722. The number of hydrogen-bond acceptors (Lipinski definition) is 3. The van der Waals surface area contributed by atoms with Crippen LogP contribution in [0.2, 0.25) is 0 Å². The highest BCUT2D eigenvalue weighted by Gasteiger charge is 2.05. The standard InChI is InChI=1S/C16H16N2O/c17-13-9-10-15-14(11-13)18-16(19-15)8-4-7-12-5-2-1-3-6-12/h1-3,5-6,9-11H,4,7-8,17H2. The van der Waals surface area contributed by atoms with E-state index in [-0.39, 0.29) is 0 Å². The van der Waals surface area contributed by atoms with Gasteiger partial charge < -0.3 is 10.2 Å². The molecule has 2 N–H and O–H groups in total. The van der Waals surface area contributed by atoms with E-state index in [0.29, 0.717) is 0 Å². The third-order valence-electron chi connectivity index (χ3n) is 3.15. The van der Waals surface area contributed by atoms with Gasteiger partial charge in [-0.3, -0.25) is 0 Å². The molecule has 19 heavy (non-hydrogen) atoms. The van der Waals surface area contributed by atoms with Crippen molar-refractivity contribution < 1.29 is 4.42 Å². The Hall–Kier alpha value is -2.29. The highest BCUT2D eigenvalue weighted by molar-refractivity contribution is 5.76. The minimum Gasteiger partial charge on any atom is -0.441 e. The van der Waals surface area contributed by atoms with Crippen LogP contribution in [0.4, 0.5) is 5.69 Å². The summed E-state index contributed by atoms with van der Waals surface area (Å²) in [5.74, 6) is 0.788. The van der Waals surface area contributed by atoms with E-state index >= 15 is 0 Å². The Balaban J connectivity index is 1.65. The van der Waals surface area contributed by atoms with Gasteiger partial charge in [-0.25, -0.2) is 4.98 Å². The molecule has 0 saturated heterocycles. The first-order valence-electron chi connectivity index (χ1n) is 6.50. The van der Waals surface area contributed by atoms with Gasteiger partial charge in [0.1, 0.15) is 5.52 Å². The molecule has 0 spiro atoms. The molecule has 0 saturated carbocycles. The minimum atomic E-state index is 0.719. The number of aryl methyl sites for hydroxylation is 2. The molecule has 0 aliphatic heterocycles. The van der Waals surface area contributed by atoms with Crippen LogP contribution < -0.4 is 5.73 Å². The van der Waals surface area contributed by atoms with Crippen molar-refractivity contribution in [3.8, 4) is 0 Å². The van der Waals surface area contributed by atoms with E-state index in [0.717, 1.165) is 41.9 Å². The second kappa shape index (κ2) is 5.14. The van der Waals surface area contributed by atoms with Crippen molar-refractivity contribution in [1.82, 2.24) is 4.98 Å². The molecule has 3 aromatic rings. The molecular formula is C16H16N2O. The van der Waals surface area contributed by atoms with Crippen molar-refractivity contribution >= 4 is 16.8 Å². The summed E-state index contributed by atoms with van der Waals surface area (Å²) in [6.07, 6.45) is 2.93. The lowest BCUT2D eigenvalue weighted by molar-refractivity contribution is 0.519. The molecule has 96 valence electrons. The Morgan fingerprint density at radius 1 is 1.00 bits per heavy atom. The molecule has 0 aliphatic carbocycles. The maximum atomic E-state index is 5.73. The topological polar surface area (TPSA) is 52.0 Å². The molecule has 3 rings (SSSR count). The van der Waals surface area contributed by atoms with Gasteiger partial charge in [0.25, 0.3) is 0 Å². The molecule has 0 bridgehead atoms. The number of aromatic nitrogens is 1. The zero-order valence-electron chi connectivity index (χ0n) is 10.7. The number of benzene rings is 2. The molecule has 0 aliphatic rings. The largest absolute Gasteiger partial charge is 0.441 e. The van der Waals surface area contributed by atoms with Crippen LogP contribution >= 0.6 is 0 Å². The summed E-state index contributed by atoms with van der Waals surface area (Å²) < 4.78 is 5.69. The molecular weight excluding hydrogens is 236 g/mol. The van der Waals surface area contributed by atoms with Gasteiger partial charge in [-0.05, 0) is 36.6 Å². The van der Waals surface area contributed by atoms with E-state index in [4.69, 9.17) is 10.2 Å². The number of nitrogens with two attached hydrogens (primary N) is 1. The molecule has 0 unspecified atom stereocenters. The first-order chi connectivity index (χ1) is 9.31. The second-order valence-corrected chi connectivity index (χ2v) is 4.67. The molecule has 0 fully saturated rings. The van der Waals surface area contributed by atoms with Crippen LogP contribution in [0, 0.1) is 0 Å². The summed E-state index contributed by atoms with van der Waals surface area (Å²) in [5, 5.41) is 0. The number of hydrogen-bond donors (Lipinski definition) is 1. The summed E-state index contributed by atoms with van der Waals surface area (Å²) in [5.41, 5.74) is 9.45. The Bertz CT molecular complexity index is 674. The number of oxazole rings is 1. The maximum absolute atomic E-state index is 5.73. The third-order valence-corrected chi connectivity index (χ3v) is 3.15. The van der Waals surface area contributed by atoms with Gasteiger partial charge in [0, 0.05) is 12.1 Å². The highest BCUT2D eigenvalue weighted by Crippen LogP contribution is 2.19. The van der Waals surface area contributed by atoms with Crippen molar-refractivity contribution in [3.63, 3.8) is 0 Å². The van der Waals surface area contributed by atoms with Crippen molar-refractivity contribution in [1.29, 1.82) is 0 Å². The fourth-order valence-electron chi connectivity index (χ4n) is 2.19. The SMILES string of the molecule is Nc1ccc2oc(CCCc3ccccc3)nc2c1. The number of rotatable bonds is 4. The Morgan fingerprint density at radius 2 is 1.84 bits per heavy atom. The van der Waals surface area contributed by atoms with E-state index in [9.17, 15) is 0 Å². The zero-order valence-corrected chi connectivity index (χ0v) is 10.7. The van der Waals surface area contributed by atoms with Gasteiger partial charge in [-0.2, -0.15) is 0 Å². The first kappa shape index (κ1) is 11.8. The Labute approximate surface area is 112 Å². The van der Waals surface area contributed by atoms with Crippen molar-refractivity contribution in [2.45, 2.75) is 19.3 Å². The summed E-state index contributed by atoms with van der Waals surface area (Å²) in [4.78, 5) is 4.46. The smallest absolute Gasteiger partial charge is 0.195 e. The molecule has 0 amide bonds. The van der Waals surface area contributed by atoms with Gasteiger partial charge in [0.2, 0.25) is 0 Å². The summed E-state index contributed by atoms with van der Waals surface area (Å²) in [6, 6.07) is 16.0. The fraction of sp³-hybridized carbons (Fsp3) is 0.188. The van der Waals surface area contributed by atoms with Crippen LogP contribution in [0.15, 0.2) is 52.9 Å². The summed E-state index contributed by atoms with van der Waals surface area (Å²) in [7, 11) is 0. The average Bonchev–Trinajstić information content (AvgIpc) is 2.82. The van der Waals surface area contributed by atoms with E-state index in [1.165, 1.54) is 5.56 Å². The third kappa shape index (κ3) is 2.76. The maximum Gasteiger partial charge on any atom is 0.195 e. The van der Waals surface area contributed by atoms with E-state index in [2.05, 4.69) is 29.2 Å². The molecule has 2 aromatic carbocycles. The molecule has 0 atom stereocenters. The molecule has 3 nitrogen and oxygen atoms in total. The van der Waals surface area contributed by atoms with Crippen LogP contribution in [0.25, 0.3) is 11.1 Å². The lowest BCUT2D eigenvalue weighted by atomic mass is 10.1. The number of nitrogen functional groups attached to an aromatic ring is 1. The van der Waals surface area contributed by atoms with Crippen molar-refractivity contribution in [2.24, 2.45) is 0 Å². The summed E-state index contributed by atoms with van der Waals surface area (Å²) >= 11 is 0. The van der Waals surface area contributed by atoms with Gasteiger partial charge in [0.05, 0.1) is 0 Å². The number of anilines is 1. The number of nitrogens with zero attached hydrogens (tertiary/aromatic N) is 1. The van der Waals surface area contributed by atoms with Crippen LogP contribution in [-0.2, 0) is 12.8 Å². The lowest BCUT2D eigenvalue weighted by Gasteiger charge is -1.98. The summed E-state index contributed by atoms with van der Waals surface area (Å²) in [6.45, 7) is 0. The Kier molecular flexibility index (Phi) is 3.19. The highest BCUT2D eigenvalue weighted by atomic mass is 16.3. The van der Waals surface area contributed by atoms with Crippen LogP contribution in [0.3, 0.4) is 0 Å². The van der Waals surface area contributed by atoms with Gasteiger partial charge in [-0.15, -0.1) is 0 Å². The molecule has 0 radical (unpaired) electrons. The van der Waals surface area contributed by atoms with Crippen molar-refractivity contribution in [2.75, 3.05) is 5.73 Å². The van der Waals surface area contributed by atoms with Crippen LogP contribution in [0.5, 0.6) is 0 Å². The molecule has 3 heteroatoms. The van der Waals surface area contributed by atoms with Crippen LogP contribution in [0.1, 0.15) is 17.9 Å². The minimum absolute atomic E-state index is 0.719. The fourth-order valence-corrected chi connectivity index (χ4v) is 2.19. The normalized spacial score (nSPS) is 10.9. The van der Waals surface area contributed by atoms with E-state index in [1.54, 1.807) is 0 Å². The monoisotopic (exact) mass is 252 g/mol. The van der Waals surface area contributed by atoms with Crippen molar-refractivity contribution in [3.05, 3.63) is 60.0 Å². The van der Waals surface area contributed by atoms with Gasteiger partial charge in [-0.1, -0.05) is 30.3 Å². The zero-order chi connectivity index (χ0) is 13.1. The van der Waals surface area contributed by atoms with Crippen LogP contribution in [-0.4, -0.2) is 4.98 Å². The second-order valence-electron chi connectivity index (χ2n) is 4.67. The molecule has 1 heterocycles. The van der Waals surface area contributed by atoms with E-state index in [1.807, 2.05) is 24.3 Å². The number of fused-ring (bicyclic) bond motifs is 1. The van der Waals surface area contributed by atoms with Gasteiger partial charge in [0.15, 0.2) is 11.5 Å². The average molecular weight is 252 g/mol. The predicted octanol–water partition coefficient (Wildman–Crippen LogP) is 3.59. The van der Waals surface area contributed by atoms with Gasteiger partial charge >= 0.3 is 0 Å². The first-order valence-corrected chi connectivity index (χ1v) is 6.50. The Morgan fingerprint density at radius 3 is 2.68 bits per heavy atom. The lowest BCUT2D eigenvalue weighted by Crippen LogP contribution is -1.89. The predicted molar refractivity (Wildman–Crippen MR) is 76.9 cm³/mol. The van der Waals surface area contributed by atoms with E-state index < -0.39 is 0 Å².